The van der Waals surface area contributed by atoms with Gasteiger partial charge >= 0.3 is 12.0 Å². The van der Waals surface area contributed by atoms with E-state index in [9.17, 15) is 14.7 Å². The molecular weight excluding hydrogens is 268 g/mol. The lowest BCUT2D eigenvalue weighted by molar-refractivity contribution is -0.150. The monoisotopic (exact) mass is 294 g/mol. The average Bonchev–Trinajstić information content (AvgIpc) is 3.37. The largest absolute Gasteiger partial charge is 0.481 e. The summed E-state index contributed by atoms with van der Waals surface area (Å²) in [5.41, 5.74) is -0.733. The molecule has 21 heavy (non-hydrogen) atoms. The van der Waals surface area contributed by atoms with Crippen molar-refractivity contribution >= 4 is 12.0 Å². The molecule has 5 heteroatoms. The first-order valence-electron chi connectivity index (χ1n) is 8.39. The van der Waals surface area contributed by atoms with Crippen LogP contribution in [-0.4, -0.2) is 41.1 Å². The van der Waals surface area contributed by atoms with Crippen molar-refractivity contribution in [1.29, 1.82) is 0 Å². The predicted octanol–water partition coefficient (Wildman–Crippen LogP) is 2.61. The molecule has 0 aromatic carbocycles. The molecule has 3 aliphatic carbocycles. The highest BCUT2D eigenvalue weighted by Crippen LogP contribution is 2.37. The fourth-order valence-corrected chi connectivity index (χ4v) is 3.40. The number of carboxylic acids is 1. The van der Waals surface area contributed by atoms with Gasteiger partial charge in [0.15, 0.2) is 0 Å². The number of urea groups is 1. The first kappa shape index (κ1) is 14.7. The Morgan fingerprint density at radius 1 is 1.10 bits per heavy atom. The maximum atomic E-state index is 12.4. The molecule has 0 heterocycles. The highest BCUT2D eigenvalue weighted by Gasteiger charge is 2.41. The molecule has 2 amide bonds. The third kappa shape index (κ3) is 3.50. The smallest absolute Gasteiger partial charge is 0.317 e. The number of hydrogen-bond donors (Lipinski definition) is 2. The fourth-order valence-electron chi connectivity index (χ4n) is 3.40. The molecule has 5 nitrogen and oxygen atoms in total. The Kier molecular flexibility index (Phi) is 4.09. The molecule has 0 saturated heterocycles. The summed E-state index contributed by atoms with van der Waals surface area (Å²) in [6.45, 7) is 1.14. The number of nitrogens with zero attached hydrogens (tertiary/aromatic N) is 1. The average molecular weight is 294 g/mol. The van der Waals surface area contributed by atoms with Gasteiger partial charge in [-0.1, -0.05) is 19.3 Å². The highest BCUT2D eigenvalue weighted by molar-refractivity contribution is 5.78. The summed E-state index contributed by atoms with van der Waals surface area (Å²) in [5.74, 6) is -0.0675. The number of carboxylic acid groups (broad SMARTS) is 1. The Labute approximate surface area is 126 Å². The van der Waals surface area contributed by atoms with E-state index >= 15 is 0 Å². The molecule has 0 atom stereocenters. The van der Waals surface area contributed by atoms with Gasteiger partial charge in [-0.15, -0.1) is 0 Å². The van der Waals surface area contributed by atoms with E-state index in [0.29, 0.717) is 24.8 Å². The molecule has 0 bridgehead atoms. The van der Waals surface area contributed by atoms with Crippen LogP contribution in [0.5, 0.6) is 0 Å². The van der Waals surface area contributed by atoms with Crippen LogP contribution >= 0.6 is 0 Å². The number of aliphatic carboxylic acids is 1. The summed E-state index contributed by atoms with van der Waals surface area (Å²) >= 11 is 0. The maximum absolute atomic E-state index is 12.4. The summed E-state index contributed by atoms with van der Waals surface area (Å²) < 4.78 is 0. The number of nitrogens with one attached hydrogen (secondary N) is 1. The van der Waals surface area contributed by atoms with Gasteiger partial charge in [0.05, 0.1) is 5.41 Å². The minimum absolute atomic E-state index is 0.0457. The van der Waals surface area contributed by atoms with E-state index in [2.05, 4.69) is 5.32 Å². The van der Waals surface area contributed by atoms with Gasteiger partial charge < -0.3 is 15.3 Å². The van der Waals surface area contributed by atoms with E-state index < -0.39 is 11.4 Å². The Balaban J connectivity index is 1.56. The third-order valence-corrected chi connectivity index (χ3v) is 5.24. The standard InChI is InChI=1S/C16H26N2O3/c19-14(20)16(8-2-1-3-9-16)11-17-15(21)18(13-6-7-13)10-12-4-5-12/h12-13H,1-11H2,(H,17,21)(H,19,20). The molecule has 0 aliphatic heterocycles. The SMILES string of the molecule is O=C(NCC1(C(=O)O)CCCCC1)N(CC1CC1)C1CC1. The first-order valence-corrected chi connectivity index (χ1v) is 8.39. The van der Waals surface area contributed by atoms with Crippen LogP contribution in [0.25, 0.3) is 0 Å². The molecule has 0 spiro atoms. The Morgan fingerprint density at radius 3 is 2.29 bits per heavy atom. The molecule has 2 N–H and O–H groups in total. The van der Waals surface area contributed by atoms with Crippen molar-refractivity contribution in [3.63, 3.8) is 0 Å². The van der Waals surface area contributed by atoms with E-state index in [1.165, 1.54) is 12.8 Å². The zero-order valence-corrected chi connectivity index (χ0v) is 12.6. The second-order valence-electron chi connectivity index (χ2n) is 7.13. The molecule has 3 saturated carbocycles. The Morgan fingerprint density at radius 2 is 1.76 bits per heavy atom. The predicted molar refractivity (Wildman–Crippen MR) is 79.0 cm³/mol. The van der Waals surface area contributed by atoms with Gasteiger partial charge in [-0.25, -0.2) is 4.79 Å². The molecule has 0 unspecified atom stereocenters. The van der Waals surface area contributed by atoms with Crippen molar-refractivity contribution in [3.8, 4) is 0 Å². The summed E-state index contributed by atoms with van der Waals surface area (Å²) in [7, 11) is 0. The maximum Gasteiger partial charge on any atom is 0.317 e. The summed E-state index contributed by atoms with van der Waals surface area (Å²) in [5, 5.41) is 12.5. The van der Waals surface area contributed by atoms with Gasteiger partial charge in [-0.05, 0) is 44.4 Å². The lowest BCUT2D eigenvalue weighted by Crippen LogP contribution is -2.49. The summed E-state index contributed by atoms with van der Waals surface area (Å²) in [4.78, 5) is 26.0. The van der Waals surface area contributed by atoms with E-state index in [1.807, 2.05) is 4.90 Å². The van der Waals surface area contributed by atoms with Crippen LogP contribution < -0.4 is 5.32 Å². The van der Waals surface area contributed by atoms with Crippen LogP contribution in [0.3, 0.4) is 0 Å². The van der Waals surface area contributed by atoms with Gasteiger partial charge in [0, 0.05) is 19.1 Å². The number of amides is 2. The van der Waals surface area contributed by atoms with Crippen LogP contribution in [0.15, 0.2) is 0 Å². The van der Waals surface area contributed by atoms with E-state index in [0.717, 1.165) is 38.6 Å². The number of carbonyl (C=O) groups excluding carboxylic acids is 1. The first-order chi connectivity index (χ1) is 10.1. The zero-order valence-electron chi connectivity index (χ0n) is 12.6. The van der Waals surface area contributed by atoms with Crippen molar-refractivity contribution in [2.75, 3.05) is 13.1 Å². The van der Waals surface area contributed by atoms with Crippen LogP contribution in [0.4, 0.5) is 4.79 Å². The number of carbonyl (C=O) groups is 2. The zero-order chi connectivity index (χ0) is 14.9. The van der Waals surface area contributed by atoms with Gasteiger partial charge in [-0.2, -0.15) is 0 Å². The van der Waals surface area contributed by atoms with Gasteiger partial charge in [0.2, 0.25) is 0 Å². The molecule has 3 fully saturated rings. The fraction of sp³-hybridized carbons (Fsp3) is 0.875. The van der Waals surface area contributed by atoms with Crippen LogP contribution in [0.1, 0.15) is 57.8 Å². The Hall–Kier alpha value is -1.26. The van der Waals surface area contributed by atoms with Crippen LogP contribution in [-0.2, 0) is 4.79 Å². The lowest BCUT2D eigenvalue weighted by Gasteiger charge is -2.34. The highest BCUT2D eigenvalue weighted by atomic mass is 16.4. The minimum Gasteiger partial charge on any atom is -0.481 e. The van der Waals surface area contributed by atoms with Gasteiger partial charge in [-0.3, -0.25) is 4.79 Å². The second-order valence-corrected chi connectivity index (χ2v) is 7.13. The van der Waals surface area contributed by atoms with Crippen LogP contribution in [0.2, 0.25) is 0 Å². The topological polar surface area (TPSA) is 69.6 Å². The number of hydrogen-bond acceptors (Lipinski definition) is 2. The molecule has 0 aromatic rings. The summed E-state index contributed by atoms with van der Waals surface area (Å²) in [6.07, 6.45) is 9.06. The molecule has 3 rings (SSSR count). The molecule has 118 valence electrons. The van der Waals surface area contributed by atoms with E-state index in [4.69, 9.17) is 0 Å². The van der Waals surface area contributed by atoms with Crippen LogP contribution in [0, 0.1) is 11.3 Å². The van der Waals surface area contributed by atoms with Crippen molar-refractivity contribution in [2.24, 2.45) is 11.3 Å². The van der Waals surface area contributed by atoms with Gasteiger partial charge in [0.1, 0.15) is 0 Å². The van der Waals surface area contributed by atoms with E-state index in [-0.39, 0.29) is 12.6 Å². The molecule has 0 radical (unpaired) electrons. The lowest BCUT2D eigenvalue weighted by atomic mass is 9.74. The quantitative estimate of drug-likeness (QED) is 0.791. The molecule has 3 aliphatic rings. The Bertz CT molecular complexity index is 410. The van der Waals surface area contributed by atoms with E-state index in [1.54, 1.807) is 0 Å². The molecule has 0 aromatic heterocycles. The normalized spacial score (nSPS) is 24.4. The number of rotatable bonds is 6. The second kappa shape index (κ2) is 5.85. The van der Waals surface area contributed by atoms with Crippen molar-refractivity contribution < 1.29 is 14.7 Å². The van der Waals surface area contributed by atoms with Crippen molar-refractivity contribution in [2.45, 2.75) is 63.8 Å². The van der Waals surface area contributed by atoms with Crippen molar-refractivity contribution in [3.05, 3.63) is 0 Å². The van der Waals surface area contributed by atoms with Gasteiger partial charge in [0.25, 0.3) is 0 Å². The minimum atomic E-state index is -0.748. The molecular formula is C16H26N2O3. The van der Waals surface area contributed by atoms with Crippen molar-refractivity contribution in [1.82, 2.24) is 10.2 Å². The summed E-state index contributed by atoms with van der Waals surface area (Å²) in [6, 6.07) is 0.355. The third-order valence-electron chi connectivity index (χ3n) is 5.24.